The average molecular weight is 885 g/mol. The lowest BCUT2D eigenvalue weighted by Gasteiger charge is -2.20. The van der Waals surface area contributed by atoms with Crippen molar-refractivity contribution in [2.24, 2.45) is 17.8 Å². The van der Waals surface area contributed by atoms with Crippen LogP contribution in [0.1, 0.15) is 149 Å². The fourth-order valence-corrected chi connectivity index (χ4v) is 7.67. The van der Waals surface area contributed by atoms with Crippen molar-refractivity contribution in [1.29, 1.82) is 0 Å². The standard InChI is InChI=1S/C41H74O16P2/c1-4-5-15-21-33(42)25-26-37-36(38(44)27-39(37)45)22-17-13-14-18-23-40(46)53-30-35(31-56-59(51,52)55-29-34(43)28-54-58(48,49)50)57-41(47)24-19-12-10-8-6-7-9-11-16-20-32(2)3/h13,17,25-26,32-38,42-44H,4-12,14-16,18-24,27-31H2,1-3H3,(H,51,52)(H2,48,49,50)/b17-13-,26-25+/t33-,34-,35+,36+,37+,38-/m0/s1. The van der Waals surface area contributed by atoms with Crippen molar-refractivity contribution in [3.8, 4) is 0 Å². The Bertz CT molecular complexity index is 1320. The number of phosphoric acid groups is 2. The highest BCUT2D eigenvalue weighted by atomic mass is 31.2. The predicted octanol–water partition coefficient (Wildman–Crippen LogP) is 7.17. The molecule has 1 aliphatic carbocycles. The van der Waals surface area contributed by atoms with Crippen LogP contribution in [-0.4, -0.2) is 98.6 Å². The van der Waals surface area contributed by atoms with E-state index in [4.69, 9.17) is 23.8 Å². The Hall–Kier alpha value is -1.81. The molecule has 18 heteroatoms. The van der Waals surface area contributed by atoms with Gasteiger partial charge in [-0.1, -0.05) is 122 Å². The Kier molecular flexibility index (Phi) is 29.9. The van der Waals surface area contributed by atoms with E-state index in [9.17, 15) is 43.7 Å². The SMILES string of the molecule is CCCCC[C@H](O)/C=C/[C@H]1C(=O)C[C@H](O)[C@@H]1C/C=C\CCCC(=O)OC[C@H](COP(=O)(O)OC[C@@H](O)COP(=O)(O)O)OC(=O)CCCCCCCCCCCC(C)C. The molecule has 0 aromatic heterocycles. The molecule has 0 amide bonds. The fraction of sp³-hybridized carbons (Fsp3) is 0.829. The van der Waals surface area contributed by atoms with Crippen molar-refractivity contribution >= 4 is 33.4 Å². The Morgan fingerprint density at radius 1 is 0.763 bits per heavy atom. The van der Waals surface area contributed by atoms with Gasteiger partial charge >= 0.3 is 27.6 Å². The smallest absolute Gasteiger partial charge is 0.462 e. The second-order valence-corrected chi connectivity index (χ2v) is 18.6. The number of Topliss-reactive ketones (excluding diaryl/α,β-unsaturated/α-hetero) is 1. The van der Waals surface area contributed by atoms with Crippen LogP contribution in [0.4, 0.5) is 0 Å². The predicted molar refractivity (Wildman–Crippen MR) is 222 cm³/mol. The van der Waals surface area contributed by atoms with E-state index in [1.165, 1.54) is 32.1 Å². The second-order valence-electron chi connectivity index (χ2n) is 15.9. The summed E-state index contributed by atoms with van der Waals surface area (Å²) in [6.07, 6.45) is 18.5. The fourth-order valence-electron chi connectivity index (χ4n) is 6.51. The van der Waals surface area contributed by atoms with Crippen LogP contribution in [0.3, 0.4) is 0 Å². The summed E-state index contributed by atoms with van der Waals surface area (Å²) in [5, 5.41) is 30.4. The molecule has 1 fully saturated rings. The van der Waals surface area contributed by atoms with Crippen LogP contribution < -0.4 is 0 Å². The van der Waals surface area contributed by atoms with E-state index in [-0.39, 0.29) is 31.0 Å². The van der Waals surface area contributed by atoms with Crippen LogP contribution in [-0.2, 0) is 46.6 Å². The Balaban J connectivity index is 2.59. The molecule has 0 spiro atoms. The van der Waals surface area contributed by atoms with Gasteiger partial charge in [0.25, 0.3) is 0 Å². The van der Waals surface area contributed by atoms with Crippen LogP contribution in [0.5, 0.6) is 0 Å². The van der Waals surface area contributed by atoms with E-state index < -0.39 is 84.3 Å². The topological polar surface area (TPSA) is 253 Å². The Morgan fingerprint density at radius 3 is 2.00 bits per heavy atom. The summed E-state index contributed by atoms with van der Waals surface area (Å²) in [7, 11) is -9.76. The third-order valence-electron chi connectivity index (χ3n) is 9.89. The third kappa shape index (κ3) is 30.0. The number of allylic oxidation sites excluding steroid dienone is 3. The number of unbranched alkanes of at least 4 members (excludes halogenated alkanes) is 11. The minimum absolute atomic E-state index is 0.00576. The van der Waals surface area contributed by atoms with Crippen molar-refractivity contribution in [2.45, 2.75) is 174 Å². The number of hydrogen-bond donors (Lipinski definition) is 6. The van der Waals surface area contributed by atoms with Gasteiger partial charge in [0.2, 0.25) is 0 Å². The number of rotatable bonds is 36. The molecule has 0 bridgehead atoms. The van der Waals surface area contributed by atoms with E-state index in [1.807, 2.05) is 12.2 Å². The summed E-state index contributed by atoms with van der Waals surface area (Å²) in [5.41, 5.74) is 0. The van der Waals surface area contributed by atoms with Crippen LogP contribution >= 0.6 is 15.6 Å². The molecule has 1 saturated carbocycles. The van der Waals surface area contributed by atoms with Crippen molar-refractivity contribution in [1.82, 2.24) is 0 Å². The molecule has 0 aromatic rings. The molecule has 0 radical (unpaired) electrons. The lowest BCUT2D eigenvalue weighted by molar-refractivity contribution is -0.161. The van der Waals surface area contributed by atoms with Crippen LogP contribution in [0.2, 0.25) is 0 Å². The van der Waals surface area contributed by atoms with E-state index >= 15 is 0 Å². The molecule has 0 aliphatic heterocycles. The largest absolute Gasteiger partial charge is 0.472 e. The van der Waals surface area contributed by atoms with Crippen molar-refractivity contribution < 1.29 is 76.6 Å². The molecule has 1 rings (SSSR count). The Labute approximate surface area is 351 Å². The first-order chi connectivity index (χ1) is 27.9. The molecule has 1 aliphatic rings. The first-order valence-electron chi connectivity index (χ1n) is 21.5. The van der Waals surface area contributed by atoms with Crippen molar-refractivity contribution in [3.05, 3.63) is 24.3 Å². The van der Waals surface area contributed by atoms with Gasteiger partial charge in [-0.2, -0.15) is 0 Å². The van der Waals surface area contributed by atoms with Gasteiger partial charge in [-0.05, 0) is 38.0 Å². The van der Waals surface area contributed by atoms with Crippen molar-refractivity contribution in [3.63, 3.8) is 0 Å². The zero-order valence-electron chi connectivity index (χ0n) is 35.5. The maximum Gasteiger partial charge on any atom is 0.472 e. The van der Waals surface area contributed by atoms with Gasteiger partial charge in [-0.3, -0.25) is 28.0 Å². The van der Waals surface area contributed by atoms with Crippen LogP contribution in [0, 0.1) is 17.8 Å². The molecular formula is C41H74O16P2. The van der Waals surface area contributed by atoms with E-state index in [1.54, 1.807) is 12.2 Å². The zero-order valence-corrected chi connectivity index (χ0v) is 37.3. The molecule has 7 atom stereocenters. The highest BCUT2D eigenvalue weighted by Gasteiger charge is 2.39. The van der Waals surface area contributed by atoms with Gasteiger partial charge in [0.05, 0.1) is 32.0 Å². The summed E-state index contributed by atoms with van der Waals surface area (Å²) in [6.45, 7) is 3.61. The number of aliphatic hydroxyl groups excluding tert-OH is 3. The number of aliphatic hydroxyl groups is 3. The lowest BCUT2D eigenvalue weighted by atomic mass is 9.90. The van der Waals surface area contributed by atoms with Gasteiger partial charge < -0.3 is 39.5 Å². The van der Waals surface area contributed by atoms with Gasteiger partial charge in [0.15, 0.2) is 6.10 Å². The number of carbonyl (C=O) groups excluding carboxylic acids is 3. The van der Waals surface area contributed by atoms with Gasteiger partial charge in [-0.25, -0.2) is 9.13 Å². The number of ether oxygens (including phenoxy) is 2. The highest BCUT2D eigenvalue weighted by molar-refractivity contribution is 7.47. The number of esters is 2. The molecule has 16 nitrogen and oxygen atoms in total. The summed E-state index contributed by atoms with van der Waals surface area (Å²) in [5.74, 6) is -1.34. The average Bonchev–Trinajstić information content (AvgIpc) is 3.43. The summed E-state index contributed by atoms with van der Waals surface area (Å²) in [6, 6.07) is 0. The first kappa shape index (κ1) is 55.2. The molecule has 1 unspecified atom stereocenters. The van der Waals surface area contributed by atoms with Crippen molar-refractivity contribution in [2.75, 3.05) is 26.4 Å². The quantitative estimate of drug-likeness (QED) is 0.0158. The van der Waals surface area contributed by atoms with Crippen LogP contribution in [0.15, 0.2) is 24.3 Å². The molecule has 0 saturated heterocycles. The molecule has 6 N–H and O–H groups in total. The maximum absolute atomic E-state index is 12.7. The Morgan fingerprint density at radius 2 is 1.36 bits per heavy atom. The minimum Gasteiger partial charge on any atom is -0.462 e. The number of carbonyl (C=O) groups is 3. The zero-order chi connectivity index (χ0) is 44.1. The summed E-state index contributed by atoms with van der Waals surface area (Å²) in [4.78, 5) is 65.3. The van der Waals surface area contributed by atoms with Gasteiger partial charge in [-0.15, -0.1) is 0 Å². The number of phosphoric ester groups is 2. The lowest BCUT2D eigenvalue weighted by Crippen LogP contribution is -2.30. The van der Waals surface area contributed by atoms with E-state index in [0.717, 1.165) is 50.9 Å². The van der Waals surface area contributed by atoms with E-state index in [2.05, 4.69) is 29.8 Å². The summed E-state index contributed by atoms with van der Waals surface area (Å²) >= 11 is 0. The minimum atomic E-state index is -4.89. The summed E-state index contributed by atoms with van der Waals surface area (Å²) < 4.78 is 47.7. The maximum atomic E-state index is 12.7. The van der Waals surface area contributed by atoms with E-state index in [0.29, 0.717) is 32.1 Å². The first-order valence-corrected chi connectivity index (χ1v) is 24.5. The molecular weight excluding hydrogens is 810 g/mol. The van der Waals surface area contributed by atoms with Gasteiger partial charge in [0.1, 0.15) is 18.5 Å². The van der Waals surface area contributed by atoms with Crippen LogP contribution in [0.25, 0.3) is 0 Å². The third-order valence-corrected chi connectivity index (χ3v) is 11.3. The number of hydrogen-bond acceptors (Lipinski definition) is 13. The highest BCUT2D eigenvalue weighted by Crippen LogP contribution is 2.44. The molecule has 59 heavy (non-hydrogen) atoms. The normalized spacial score (nSPS) is 20.0. The number of ketones is 1. The molecule has 0 heterocycles. The van der Waals surface area contributed by atoms with Gasteiger partial charge in [0, 0.05) is 31.1 Å². The second kappa shape index (κ2) is 32.0. The molecule has 344 valence electrons. The molecule has 0 aromatic carbocycles. The monoisotopic (exact) mass is 884 g/mol.